The average molecular weight is 299 g/mol. The molecule has 1 aliphatic rings. The lowest BCUT2D eigenvalue weighted by Gasteiger charge is -2.20. The monoisotopic (exact) mass is 299 g/mol. The van der Waals surface area contributed by atoms with Gasteiger partial charge < -0.3 is 10.6 Å². The lowest BCUT2D eigenvalue weighted by Crippen LogP contribution is -2.26. The van der Waals surface area contributed by atoms with Crippen LogP contribution in [0.5, 0.6) is 0 Å². The minimum absolute atomic E-state index is 0.242. The van der Waals surface area contributed by atoms with Crippen LogP contribution in [0.1, 0.15) is 24.5 Å². The van der Waals surface area contributed by atoms with Gasteiger partial charge in [-0.05, 0) is 38.1 Å². The normalized spacial score (nSPS) is 15.5. The van der Waals surface area contributed by atoms with Crippen molar-refractivity contribution in [1.29, 1.82) is 0 Å². The number of anilines is 1. The molecule has 2 heterocycles. The van der Waals surface area contributed by atoms with Gasteiger partial charge in [-0.1, -0.05) is 18.2 Å². The predicted octanol–water partition coefficient (Wildman–Crippen LogP) is 2.09. The molecular weight excluding hydrogens is 278 g/mol. The van der Waals surface area contributed by atoms with Gasteiger partial charge in [-0.2, -0.15) is 5.10 Å². The fourth-order valence-electron chi connectivity index (χ4n) is 2.75. The summed E-state index contributed by atoms with van der Waals surface area (Å²) in [7, 11) is 1.60. The number of piperidine rings is 1. The zero-order chi connectivity index (χ0) is 15.4. The first-order chi connectivity index (χ1) is 10.8. The fraction of sp³-hybridized carbons (Fsp3) is 0.375. The minimum Gasteiger partial charge on any atom is -0.341 e. The third kappa shape index (κ3) is 3.12. The second-order valence-electron chi connectivity index (χ2n) is 5.43. The number of rotatable bonds is 3. The highest BCUT2D eigenvalue weighted by molar-refractivity contribution is 5.88. The van der Waals surface area contributed by atoms with Crippen molar-refractivity contribution in [3.8, 4) is 5.69 Å². The Morgan fingerprint density at radius 3 is 2.68 bits per heavy atom. The van der Waals surface area contributed by atoms with E-state index < -0.39 is 0 Å². The molecule has 1 saturated heterocycles. The standard InChI is InChI=1S/C16H21N5O/c1-17-16(22)19-15-11-14(12-7-9-18-10-8-12)20-21(15)13-5-3-2-4-6-13/h2-6,11-12,18H,7-10H2,1H3,(H2,17,19,22). The summed E-state index contributed by atoms with van der Waals surface area (Å²) in [5.74, 6) is 1.13. The van der Waals surface area contributed by atoms with Crippen LogP contribution >= 0.6 is 0 Å². The second-order valence-corrected chi connectivity index (χ2v) is 5.43. The maximum absolute atomic E-state index is 11.7. The van der Waals surface area contributed by atoms with Crippen molar-refractivity contribution in [3.63, 3.8) is 0 Å². The number of carbonyl (C=O) groups excluding carboxylic acids is 1. The van der Waals surface area contributed by atoms with Gasteiger partial charge in [0.05, 0.1) is 11.4 Å². The number of nitrogens with one attached hydrogen (secondary N) is 3. The third-order valence-electron chi connectivity index (χ3n) is 3.96. The summed E-state index contributed by atoms with van der Waals surface area (Å²) in [6.07, 6.45) is 2.15. The van der Waals surface area contributed by atoms with Crippen LogP contribution < -0.4 is 16.0 Å². The number of urea groups is 1. The maximum atomic E-state index is 11.7. The molecule has 0 unspecified atom stereocenters. The Kier molecular flexibility index (Phi) is 4.39. The van der Waals surface area contributed by atoms with Crippen LogP contribution in [0.4, 0.5) is 10.6 Å². The Morgan fingerprint density at radius 2 is 2.00 bits per heavy atom. The average Bonchev–Trinajstić information content (AvgIpc) is 3.00. The van der Waals surface area contributed by atoms with Crippen molar-refractivity contribution in [2.45, 2.75) is 18.8 Å². The first-order valence-corrected chi connectivity index (χ1v) is 7.63. The quantitative estimate of drug-likeness (QED) is 0.812. The van der Waals surface area contributed by atoms with Gasteiger partial charge in [0.25, 0.3) is 0 Å². The number of amides is 2. The van der Waals surface area contributed by atoms with E-state index in [4.69, 9.17) is 5.10 Å². The Balaban J connectivity index is 1.94. The molecule has 0 spiro atoms. The predicted molar refractivity (Wildman–Crippen MR) is 86.5 cm³/mol. The van der Waals surface area contributed by atoms with Gasteiger partial charge in [0.2, 0.25) is 0 Å². The molecule has 6 nitrogen and oxygen atoms in total. The van der Waals surface area contributed by atoms with Crippen LogP contribution in [0.2, 0.25) is 0 Å². The van der Waals surface area contributed by atoms with Crippen LogP contribution in [0.15, 0.2) is 36.4 Å². The zero-order valence-corrected chi connectivity index (χ0v) is 12.7. The van der Waals surface area contributed by atoms with E-state index in [1.165, 1.54) is 0 Å². The fourth-order valence-corrected chi connectivity index (χ4v) is 2.75. The van der Waals surface area contributed by atoms with E-state index in [0.717, 1.165) is 37.3 Å². The highest BCUT2D eigenvalue weighted by Gasteiger charge is 2.21. The second kappa shape index (κ2) is 6.62. The molecule has 0 aliphatic carbocycles. The summed E-state index contributed by atoms with van der Waals surface area (Å²) in [6, 6.07) is 11.6. The van der Waals surface area contributed by atoms with Crippen LogP contribution in [0.3, 0.4) is 0 Å². The molecule has 1 aromatic carbocycles. The summed E-state index contributed by atoms with van der Waals surface area (Å²) in [5, 5.41) is 13.5. The lowest BCUT2D eigenvalue weighted by atomic mass is 9.95. The largest absolute Gasteiger partial charge is 0.341 e. The molecule has 1 aliphatic heterocycles. The van der Waals surface area contributed by atoms with Crippen LogP contribution in [-0.4, -0.2) is 35.9 Å². The molecule has 116 valence electrons. The van der Waals surface area contributed by atoms with Gasteiger partial charge in [0, 0.05) is 19.0 Å². The minimum atomic E-state index is -0.242. The molecular formula is C16H21N5O. The SMILES string of the molecule is CNC(=O)Nc1cc(C2CCNCC2)nn1-c1ccccc1. The maximum Gasteiger partial charge on any atom is 0.320 e. The van der Waals surface area contributed by atoms with Crippen LogP contribution in [-0.2, 0) is 0 Å². The van der Waals surface area contributed by atoms with Crippen LogP contribution in [0.25, 0.3) is 5.69 Å². The molecule has 0 radical (unpaired) electrons. The highest BCUT2D eigenvalue weighted by Crippen LogP contribution is 2.28. The first-order valence-electron chi connectivity index (χ1n) is 7.63. The number of carbonyl (C=O) groups is 1. The van der Waals surface area contributed by atoms with Gasteiger partial charge in [-0.15, -0.1) is 0 Å². The molecule has 3 N–H and O–H groups in total. The van der Waals surface area contributed by atoms with Gasteiger partial charge in [0.15, 0.2) is 0 Å². The summed E-state index contributed by atoms with van der Waals surface area (Å²) in [6.45, 7) is 2.03. The summed E-state index contributed by atoms with van der Waals surface area (Å²) in [4.78, 5) is 11.7. The molecule has 6 heteroatoms. The summed E-state index contributed by atoms with van der Waals surface area (Å²) >= 11 is 0. The molecule has 1 aromatic heterocycles. The Morgan fingerprint density at radius 1 is 1.27 bits per heavy atom. The number of aromatic nitrogens is 2. The Labute approximate surface area is 129 Å². The number of para-hydroxylation sites is 1. The van der Waals surface area contributed by atoms with E-state index in [9.17, 15) is 4.79 Å². The number of benzene rings is 1. The van der Waals surface area contributed by atoms with Crippen LogP contribution in [0, 0.1) is 0 Å². The molecule has 0 saturated carbocycles. The zero-order valence-electron chi connectivity index (χ0n) is 12.7. The third-order valence-corrected chi connectivity index (χ3v) is 3.96. The van der Waals surface area contributed by atoms with E-state index in [2.05, 4.69) is 16.0 Å². The van der Waals surface area contributed by atoms with Gasteiger partial charge in [-0.25, -0.2) is 9.48 Å². The Bertz CT molecular complexity index is 631. The molecule has 2 amide bonds. The van der Waals surface area contributed by atoms with Crippen molar-refractivity contribution < 1.29 is 4.79 Å². The Hall–Kier alpha value is -2.34. The number of hydrogen-bond donors (Lipinski definition) is 3. The van der Waals surface area contributed by atoms with Gasteiger partial charge in [-0.3, -0.25) is 5.32 Å². The van der Waals surface area contributed by atoms with E-state index in [-0.39, 0.29) is 6.03 Å². The van der Waals surface area contributed by atoms with Crippen molar-refractivity contribution in [2.24, 2.45) is 0 Å². The first kappa shape index (κ1) is 14.6. The van der Waals surface area contributed by atoms with Crippen molar-refractivity contribution in [3.05, 3.63) is 42.1 Å². The lowest BCUT2D eigenvalue weighted by molar-refractivity contribution is 0.254. The van der Waals surface area contributed by atoms with Crippen molar-refractivity contribution in [2.75, 3.05) is 25.5 Å². The summed E-state index contributed by atoms with van der Waals surface area (Å²) < 4.78 is 1.80. The molecule has 0 atom stereocenters. The summed E-state index contributed by atoms with van der Waals surface area (Å²) in [5.41, 5.74) is 1.98. The topological polar surface area (TPSA) is 71.0 Å². The van der Waals surface area contributed by atoms with E-state index in [1.807, 2.05) is 36.4 Å². The van der Waals surface area contributed by atoms with E-state index in [1.54, 1.807) is 11.7 Å². The molecule has 3 rings (SSSR count). The van der Waals surface area contributed by atoms with Crippen molar-refractivity contribution >= 4 is 11.8 Å². The highest BCUT2D eigenvalue weighted by atomic mass is 16.2. The van der Waals surface area contributed by atoms with Gasteiger partial charge in [0.1, 0.15) is 5.82 Å². The van der Waals surface area contributed by atoms with Gasteiger partial charge >= 0.3 is 6.03 Å². The molecule has 22 heavy (non-hydrogen) atoms. The van der Waals surface area contributed by atoms with Crippen molar-refractivity contribution in [1.82, 2.24) is 20.4 Å². The van der Waals surface area contributed by atoms with E-state index in [0.29, 0.717) is 11.7 Å². The smallest absolute Gasteiger partial charge is 0.320 e. The number of hydrogen-bond acceptors (Lipinski definition) is 3. The number of nitrogens with zero attached hydrogens (tertiary/aromatic N) is 2. The molecule has 0 bridgehead atoms. The molecule has 1 fully saturated rings. The van der Waals surface area contributed by atoms with E-state index >= 15 is 0 Å². The molecule has 2 aromatic rings.